The van der Waals surface area contributed by atoms with E-state index in [1.165, 1.54) is 0 Å². The van der Waals surface area contributed by atoms with Crippen molar-refractivity contribution in [3.63, 3.8) is 0 Å². The van der Waals surface area contributed by atoms with Crippen molar-refractivity contribution in [1.82, 2.24) is 0 Å². The topological polar surface area (TPSA) is 92.7 Å². The monoisotopic (exact) mass is 613 g/mol. The first-order valence-corrected chi connectivity index (χ1v) is 14.1. The third kappa shape index (κ3) is 5.61. The molecule has 2 aromatic carbocycles. The van der Waals surface area contributed by atoms with Gasteiger partial charge in [0.2, 0.25) is 0 Å². The highest BCUT2D eigenvalue weighted by Crippen LogP contribution is 2.50. The zero-order valence-corrected chi connectivity index (χ0v) is 25.6. The first-order valence-electron chi connectivity index (χ1n) is 13.3. The van der Waals surface area contributed by atoms with Crippen molar-refractivity contribution in [1.29, 1.82) is 0 Å². The van der Waals surface area contributed by atoms with Gasteiger partial charge in [0.1, 0.15) is 5.92 Å². The van der Waals surface area contributed by atoms with E-state index < -0.39 is 17.8 Å². The highest BCUT2D eigenvalue weighted by Gasteiger charge is 2.46. The molecule has 2 aromatic rings. The lowest BCUT2D eigenvalue weighted by Crippen LogP contribution is -2.39. The number of nitrogens with zero attached hydrogens (tertiary/aromatic N) is 1. The Kier molecular flexibility index (Phi) is 9.23. The normalized spacial score (nSPS) is 21.2. The van der Waals surface area contributed by atoms with E-state index in [9.17, 15) is 9.59 Å². The molecule has 1 aliphatic heterocycles. The summed E-state index contributed by atoms with van der Waals surface area (Å²) in [6, 6.07) is 9.35. The van der Waals surface area contributed by atoms with Crippen LogP contribution in [0.2, 0.25) is 0 Å². The molecule has 0 radical (unpaired) electrons. The maximum Gasteiger partial charge on any atom is 0.315 e. The minimum atomic E-state index is -0.760. The number of hydrogen-bond donors (Lipinski definition) is 0. The summed E-state index contributed by atoms with van der Waals surface area (Å²) in [5.74, 6) is 0.367. The lowest BCUT2D eigenvalue weighted by molar-refractivity contribution is -0.151. The van der Waals surface area contributed by atoms with Crippen molar-refractivity contribution in [2.75, 3.05) is 28.4 Å². The van der Waals surface area contributed by atoms with Gasteiger partial charge < -0.3 is 23.7 Å². The summed E-state index contributed by atoms with van der Waals surface area (Å²) in [6.45, 7) is 5.65. The summed E-state index contributed by atoms with van der Waals surface area (Å²) >= 11 is 3.68. The first kappa shape index (κ1) is 29.6. The van der Waals surface area contributed by atoms with Gasteiger partial charge in [0.05, 0.1) is 34.5 Å². The zero-order valence-electron chi connectivity index (χ0n) is 24.0. The van der Waals surface area contributed by atoms with Crippen LogP contribution in [0.4, 0.5) is 0 Å². The molecule has 214 valence electrons. The molecule has 1 heterocycles. The summed E-state index contributed by atoms with van der Waals surface area (Å²) in [6.07, 6.45) is 1.24. The number of methoxy groups -OCH3 is 4. The Bertz CT molecular complexity index is 1370. The van der Waals surface area contributed by atoms with Crippen molar-refractivity contribution < 1.29 is 33.3 Å². The van der Waals surface area contributed by atoms with Crippen LogP contribution in [-0.2, 0) is 14.3 Å². The van der Waals surface area contributed by atoms with Gasteiger partial charge >= 0.3 is 5.97 Å². The van der Waals surface area contributed by atoms with Crippen molar-refractivity contribution in [3.05, 3.63) is 57.2 Å². The molecule has 0 fully saturated rings. The van der Waals surface area contributed by atoms with Gasteiger partial charge in [-0.15, -0.1) is 0 Å². The number of rotatable bonds is 9. The summed E-state index contributed by atoms with van der Waals surface area (Å²) in [5.41, 5.74) is 3.55. The van der Waals surface area contributed by atoms with Crippen molar-refractivity contribution in [2.24, 2.45) is 10.9 Å². The average molecular weight is 615 g/mol. The van der Waals surface area contributed by atoms with Gasteiger partial charge in [-0.3, -0.25) is 14.6 Å². The second kappa shape index (κ2) is 12.5. The predicted octanol–water partition coefficient (Wildman–Crippen LogP) is 6.40. The van der Waals surface area contributed by atoms with E-state index in [-0.39, 0.29) is 24.2 Å². The van der Waals surface area contributed by atoms with Crippen LogP contribution in [0.1, 0.15) is 63.0 Å². The van der Waals surface area contributed by atoms with Gasteiger partial charge in [0.15, 0.2) is 28.8 Å². The first-order chi connectivity index (χ1) is 19.2. The Hall–Kier alpha value is -3.33. The van der Waals surface area contributed by atoms with Gasteiger partial charge in [-0.2, -0.15) is 0 Å². The molecule has 0 amide bonds. The fourth-order valence-electron chi connectivity index (χ4n) is 5.51. The Morgan fingerprint density at radius 1 is 0.975 bits per heavy atom. The van der Waals surface area contributed by atoms with Crippen LogP contribution in [-0.4, -0.2) is 52.0 Å². The average Bonchev–Trinajstić information content (AvgIpc) is 2.95. The van der Waals surface area contributed by atoms with E-state index in [0.29, 0.717) is 57.3 Å². The third-order valence-corrected chi connectivity index (χ3v) is 8.44. The van der Waals surface area contributed by atoms with Crippen LogP contribution in [0, 0.1) is 5.92 Å². The third-order valence-electron chi connectivity index (χ3n) is 7.75. The minimum absolute atomic E-state index is 0.0506. The fourth-order valence-corrected chi connectivity index (χ4v) is 6.08. The molecule has 0 aromatic heterocycles. The van der Waals surface area contributed by atoms with E-state index in [1.807, 2.05) is 45.0 Å². The van der Waals surface area contributed by atoms with E-state index in [2.05, 4.69) is 15.9 Å². The largest absolute Gasteiger partial charge is 0.493 e. The molecule has 0 N–H and O–H groups in total. The second-order valence-corrected chi connectivity index (χ2v) is 11.0. The highest BCUT2D eigenvalue weighted by atomic mass is 79.9. The predicted molar refractivity (Wildman–Crippen MR) is 156 cm³/mol. The van der Waals surface area contributed by atoms with Crippen LogP contribution in [0.15, 0.2) is 51.1 Å². The van der Waals surface area contributed by atoms with Crippen molar-refractivity contribution in [3.8, 4) is 23.0 Å². The number of carbonyl (C=O) groups excluding carboxylic acids is 2. The molecule has 1 unspecified atom stereocenters. The number of allylic oxidation sites excluding steroid dienone is 2. The second-order valence-electron chi connectivity index (χ2n) is 10.1. The SMILES string of the molecule is CC[C@H](C)OC(=O)C1C(C)=NC2=C(C(=O)C[C@H](c3ccc(OC)c(OC)c3)C2)[C@H]1c1cc(OC)c(OC)cc1Br. The number of hydrogen-bond acceptors (Lipinski definition) is 8. The fraction of sp³-hybridized carbons (Fsp3) is 0.452. The number of benzene rings is 2. The Morgan fingerprint density at radius 2 is 1.60 bits per heavy atom. The van der Waals surface area contributed by atoms with E-state index >= 15 is 0 Å². The number of aliphatic imine (C=N–C) groups is 1. The maximum atomic E-state index is 14.0. The lowest BCUT2D eigenvalue weighted by Gasteiger charge is -2.37. The highest BCUT2D eigenvalue weighted by molar-refractivity contribution is 9.10. The van der Waals surface area contributed by atoms with Gasteiger partial charge in [-0.1, -0.05) is 28.9 Å². The molecule has 8 nitrogen and oxygen atoms in total. The molecule has 4 atom stereocenters. The van der Waals surface area contributed by atoms with E-state index in [4.69, 9.17) is 28.7 Å². The number of halogens is 1. The molecule has 9 heteroatoms. The van der Waals surface area contributed by atoms with Crippen LogP contribution in [0.3, 0.4) is 0 Å². The molecule has 2 aliphatic rings. The molecular formula is C31H36BrNO7. The zero-order chi connectivity index (χ0) is 29.1. The van der Waals surface area contributed by atoms with Crippen LogP contribution >= 0.6 is 15.9 Å². The van der Waals surface area contributed by atoms with Crippen LogP contribution in [0.5, 0.6) is 23.0 Å². The molecule has 0 saturated heterocycles. The number of Topliss-reactive ketones (excluding diaryl/α,β-unsaturated/α-hetero) is 1. The molecule has 0 bridgehead atoms. The Labute approximate surface area is 243 Å². The Morgan fingerprint density at radius 3 is 2.23 bits per heavy atom. The summed E-state index contributed by atoms with van der Waals surface area (Å²) < 4.78 is 28.5. The number of carbonyl (C=O) groups is 2. The molecular weight excluding hydrogens is 578 g/mol. The molecule has 0 saturated carbocycles. The number of ketones is 1. The minimum Gasteiger partial charge on any atom is -0.493 e. The van der Waals surface area contributed by atoms with Crippen LogP contribution < -0.4 is 18.9 Å². The van der Waals surface area contributed by atoms with Crippen molar-refractivity contribution in [2.45, 2.75) is 58.0 Å². The molecule has 40 heavy (non-hydrogen) atoms. The number of esters is 1. The maximum absolute atomic E-state index is 14.0. The number of ether oxygens (including phenoxy) is 5. The summed E-state index contributed by atoms with van der Waals surface area (Å²) in [5, 5.41) is 0. The van der Waals surface area contributed by atoms with Gasteiger partial charge in [0.25, 0.3) is 0 Å². The molecule has 1 aliphatic carbocycles. The smallest absolute Gasteiger partial charge is 0.315 e. The van der Waals surface area contributed by atoms with E-state index in [1.54, 1.807) is 34.5 Å². The summed E-state index contributed by atoms with van der Waals surface area (Å²) in [7, 11) is 6.30. The van der Waals surface area contributed by atoms with Gasteiger partial charge in [-0.25, -0.2) is 0 Å². The van der Waals surface area contributed by atoms with Crippen LogP contribution in [0.25, 0.3) is 0 Å². The molecule has 4 rings (SSSR count). The van der Waals surface area contributed by atoms with Gasteiger partial charge in [-0.05, 0) is 68.0 Å². The Balaban J connectivity index is 1.84. The van der Waals surface area contributed by atoms with E-state index in [0.717, 1.165) is 11.1 Å². The van der Waals surface area contributed by atoms with Gasteiger partial charge in [0, 0.05) is 33.8 Å². The summed E-state index contributed by atoms with van der Waals surface area (Å²) in [4.78, 5) is 32.5. The standard InChI is InChI=1S/C31H36BrNO7/c1-8-16(2)40-31(35)28-17(3)33-22-11-19(18-9-10-24(36-4)25(13-18)37-5)12-23(34)30(22)29(28)20-14-26(38-6)27(39-7)15-21(20)32/h9-10,13-16,19,28-29H,8,11-12H2,1-7H3/t16-,19+,28?,29-/m0/s1. The van der Waals surface area contributed by atoms with Crippen molar-refractivity contribution >= 4 is 33.4 Å². The molecule has 0 spiro atoms. The quantitative estimate of drug-likeness (QED) is 0.302. The lowest BCUT2D eigenvalue weighted by atomic mass is 9.69.